The van der Waals surface area contributed by atoms with Crippen LogP contribution in [0.5, 0.6) is 0 Å². The van der Waals surface area contributed by atoms with E-state index >= 15 is 0 Å². The second-order valence-corrected chi connectivity index (χ2v) is 9.72. The maximum absolute atomic E-state index is 13.6. The van der Waals surface area contributed by atoms with Crippen LogP contribution in [0.15, 0.2) is 58.7 Å². The van der Waals surface area contributed by atoms with Crippen molar-refractivity contribution in [2.45, 2.75) is 26.3 Å². The number of benzene rings is 2. The first-order chi connectivity index (χ1) is 16.9. The lowest BCUT2D eigenvalue weighted by molar-refractivity contribution is -0.120. The molecule has 2 aromatic heterocycles. The fourth-order valence-corrected chi connectivity index (χ4v) is 5.21. The van der Waals surface area contributed by atoms with Gasteiger partial charge in [0.25, 0.3) is 5.56 Å². The molecule has 180 valence electrons. The van der Waals surface area contributed by atoms with Crippen LogP contribution in [0.25, 0.3) is 10.2 Å². The molecule has 3 heterocycles. The van der Waals surface area contributed by atoms with Crippen molar-refractivity contribution in [1.82, 2.24) is 9.55 Å². The molecule has 0 radical (unpaired) electrons. The number of thiophene rings is 1. The van der Waals surface area contributed by atoms with Gasteiger partial charge in [0.2, 0.25) is 11.9 Å². The molecular formula is C26H24F2N4O2S. The highest BCUT2D eigenvalue weighted by Gasteiger charge is 2.29. The van der Waals surface area contributed by atoms with E-state index in [-0.39, 0.29) is 35.6 Å². The number of carbonyl (C=O) groups excluding carboxylic acids is 1. The summed E-state index contributed by atoms with van der Waals surface area (Å²) in [6, 6.07) is 12.4. The highest BCUT2D eigenvalue weighted by Crippen LogP contribution is 2.26. The minimum atomic E-state index is -0.339. The quantitative estimate of drug-likeness (QED) is 0.427. The summed E-state index contributed by atoms with van der Waals surface area (Å²) in [5.41, 5.74) is 2.27. The van der Waals surface area contributed by atoms with Crippen LogP contribution in [-0.4, -0.2) is 28.5 Å². The molecule has 35 heavy (non-hydrogen) atoms. The third kappa shape index (κ3) is 4.81. The molecule has 1 aliphatic rings. The Morgan fingerprint density at radius 1 is 1.17 bits per heavy atom. The van der Waals surface area contributed by atoms with Gasteiger partial charge < -0.3 is 10.2 Å². The number of piperidine rings is 1. The first-order valence-electron chi connectivity index (χ1n) is 11.4. The van der Waals surface area contributed by atoms with E-state index in [0.717, 1.165) is 12.0 Å². The molecule has 5 rings (SSSR count). The Hall–Kier alpha value is -3.59. The van der Waals surface area contributed by atoms with Crippen LogP contribution < -0.4 is 15.8 Å². The highest BCUT2D eigenvalue weighted by atomic mass is 32.1. The number of aryl methyl sites for hydroxylation is 1. The summed E-state index contributed by atoms with van der Waals surface area (Å²) in [7, 11) is 0. The van der Waals surface area contributed by atoms with Gasteiger partial charge in [-0.05, 0) is 72.7 Å². The van der Waals surface area contributed by atoms with E-state index in [9.17, 15) is 18.4 Å². The van der Waals surface area contributed by atoms with Gasteiger partial charge in [-0.25, -0.2) is 13.8 Å². The topological polar surface area (TPSA) is 67.2 Å². The number of carbonyl (C=O) groups is 1. The summed E-state index contributed by atoms with van der Waals surface area (Å²) in [6.45, 7) is 2.96. The van der Waals surface area contributed by atoms with E-state index in [0.29, 0.717) is 46.9 Å². The summed E-state index contributed by atoms with van der Waals surface area (Å²) >= 11 is 1.34. The molecule has 1 saturated heterocycles. The normalized spacial score (nSPS) is 16.0. The largest absolute Gasteiger partial charge is 0.341 e. The molecule has 1 atom stereocenters. The van der Waals surface area contributed by atoms with E-state index in [1.165, 1.54) is 29.5 Å². The van der Waals surface area contributed by atoms with E-state index in [1.54, 1.807) is 35.8 Å². The molecule has 0 spiro atoms. The van der Waals surface area contributed by atoms with Crippen molar-refractivity contribution in [3.8, 4) is 0 Å². The van der Waals surface area contributed by atoms with Crippen LogP contribution in [0, 0.1) is 24.5 Å². The molecule has 6 nitrogen and oxygen atoms in total. The minimum absolute atomic E-state index is 0.148. The molecule has 1 fully saturated rings. The first kappa shape index (κ1) is 23.2. The lowest BCUT2D eigenvalue weighted by Gasteiger charge is -2.34. The number of halogens is 2. The number of rotatable bonds is 5. The van der Waals surface area contributed by atoms with Crippen molar-refractivity contribution in [1.29, 1.82) is 0 Å². The third-order valence-corrected chi connectivity index (χ3v) is 7.19. The lowest BCUT2D eigenvalue weighted by Crippen LogP contribution is -2.43. The van der Waals surface area contributed by atoms with Crippen molar-refractivity contribution < 1.29 is 13.6 Å². The van der Waals surface area contributed by atoms with Gasteiger partial charge in [-0.1, -0.05) is 12.1 Å². The second-order valence-electron chi connectivity index (χ2n) is 8.80. The summed E-state index contributed by atoms with van der Waals surface area (Å²) < 4.78 is 29.2. The average Bonchev–Trinajstić information content (AvgIpc) is 3.33. The van der Waals surface area contributed by atoms with E-state index < -0.39 is 0 Å². The molecule has 9 heteroatoms. The first-order valence-corrected chi connectivity index (χ1v) is 12.3. The Balaban J connectivity index is 1.43. The lowest BCUT2D eigenvalue weighted by atomic mass is 9.97. The molecule has 1 aliphatic heterocycles. The summed E-state index contributed by atoms with van der Waals surface area (Å²) in [5, 5.41) is 4.73. The van der Waals surface area contributed by atoms with Gasteiger partial charge in [0.15, 0.2) is 0 Å². The van der Waals surface area contributed by atoms with E-state index in [2.05, 4.69) is 5.32 Å². The van der Waals surface area contributed by atoms with Crippen molar-refractivity contribution in [3.63, 3.8) is 0 Å². The smallest absolute Gasteiger partial charge is 0.273 e. The maximum atomic E-state index is 13.6. The van der Waals surface area contributed by atoms with E-state index in [1.807, 2.05) is 16.3 Å². The predicted molar refractivity (Wildman–Crippen MR) is 134 cm³/mol. The Morgan fingerprint density at radius 3 is 2.74 bits per heavy atom. The molecule has 0 aliphatic carbocycles. The van der Waals surface area contributed by atoms with Gasteiger partial charge in [-0.15, -0.1) is 11.3 Å². The average molecular weight is 495 g/mol. The van der Waals surface area contributed by atoms with Crippen LogP contribution in [0.3, 0.4) is 0 Å². The molecular weight excluding hydrogens is 470 g/mol. The zero-order chi connectivity index (χ0) is 24.5. The molecule has 0 unspecified atom stereocenters. The van der Waals surface area contributed by atoms with Crippen LogP contribution in [0.2, 0.25) is 0 Å². The van der Waals surface area contributed by atoms with E-state index in [4.69, 9.17) is 4.98 Å². The fourth-order valence-electron chi connectivity index (χ4n) is 4.43. The number of hydrogen-bond acceptors (Lipinski definition) is 5. The van der Waals surface area contributed by atoms with Gasteiger partial charge in [0, 0.05) is 18.8 Å². The minimum Gasteiger partial charge on any atom is -0.341 e. The number of nitrogens with zero attached hydrogens (tertiary/aromatic N) is 3. The van der Waals surface area contributed by atoms with Gasteiger partial charge >= 0.3 is 0 Å². The molecule has 2 aromatic carbocycles. The van der Waals surface area contributed by atoms with Crippen molar-refractivity contribution in [3.05, 3.63) is 87.0 Å². The second kappa shape index (κ2) is 9.58. The van der Waals surface area contributed by atoms with Crippen molar-refractivity contribution in [2.75, 3.05) is 23.3 Å². The molecule has 4 aromatic rings. The zero-order valence-electron chi connectivity index (χ0n) is 19.1. The van der Waals surface area contributed by atoms with Gasteiger partial charge in [0.1, 0.15) is 16.3 Å². The van der Waals surface area contributed by atoms with Gasteiger partial charge in [-0.3, -0.25) is 14.2 Å². The number of aromatic nitrogens is 2. The fraction of sp³-hybridized carbons (Fsp3) is 0.269. The molecule has 0 bridgehead atoms. The number of anilines is 2. The highest BCUT2D eigenvalue weighted by molar-refractivity contribution is 7.17. The number of hydrogen-bond donors (Lipinski definition) is 1. The predicted octanol–water partition coefficient (Wildman–Crippen LogP) is 4.95. The number of nitrogens with one attached hydrogen (secondary N) is 1. The molecule has 1 amide bonds. The SMILES string of the molecule is Cc1cc(NC(=O)[C@@H]2CCCN(c3nc4ccsc4c(=O)n3Cc3ccc(F)cc3)C2)ccc1F. The number of fused-ring (bicyclic) bond motifs is 1. The molecule has 1 N–H and O–H groups in total. The van der Waals surface area contributed by atoms with Crippen LogP contribution in [0.4, 0.5) is 20.4 Å². The Bertz CT molecular complexity index is 1450. The van der Waals surface area contributed by atoms with Crippen molar-refractivity contribution in [2.24, 2.45) is 5.92 Å². The van der Waals surface area contributed by atoms with Gasteiger partial charge in [-0.2, -0.15) is 0 Å². The Labute approximate surface area is 204 Å². The van der Waals surface area contributed by atoms with Gasteiger partial charge in [0.05, 0.1) is 18.0 Å². The zero-order valence-corrected chi connectivity index (χ0v) is 19.9. The number of amides is 1. The van der Waals surface area contributed by atoms with Crippen LogP contribution in [-0.2, 0) is 11.3 Å². The monoisotopic (exact) mass is 494 g/mol. The third-order valence-electron chi connectivity index (χ3n) is 6.30. The standard InChI is InChI=1S/C26H24F2N4O2S/c1-16-13-20(8-9-21(16)28)29-24(33)18-3-2-11-31(15-18)26-30-22-10-12-35-23(22)25(34)32(26)14-17-4-6-19(27)7-5-17/h4-10,12-13,18H,2-3,11,14-15H2,1H3,(H,29,33)/t18-/m1/s1. The van der Waals surface area contributed by atoms with Crippen LogP contribution in [0.1, 0.15) is 24.0 Å². The summed E-state index contributed by atoms with van der Waals surface area (Å²) in [4.78, 5) is 33.2. The summed E-state index contributed by atoms with van der Waals surface area (Å²) in [5.74, 6) is -0.621. The Morgan fingerprint density at radius 2 is 1.97 bits per heavy atom. The van der Waals surface area contributed by atoms with Crippen molar-refractivity contribution >= 4 is 39.1 Å². The molecule has 0 saturated carbocycles. The Kier molecular flexibility index (Phi) is 6.34. The summed E-state index contributed by atoms with van der Waals surface area (Å²) in [6.07, 6.45) is 1.46. The van der Waals surface area contributed by atoms with Crippen LogP contribution >= 0.6 is 11.3 Å². The maximum Gasteiger partial charge on any atom is 0.273 e.